The number of likely N-dealkylation sites (tertiary alicyclic amines) is 1. The predicted molar refractivity (Wildman–Crippen MR) is 80.4 cm³/mol. The van der Waals surface area contributed by atoms with E-state index < -0.39 is 5.82 Å². The Labute approximate surface area is 134 Å². The number of hydrogen-bond donors (Lipinski definition) is 1. The Hall–Kier alpha value is -1.80. The van der Waals surface area contributed by atoms with E-state index in [1.54, 1.807) is 0 Å². The van der Waals surface area contributed by atoms with Crippen molar-refractivity contribution in [3.8, 4) is 0 Å². The van der Waals surface area contributed by atoms with Crippen molar-refractivity contribution < 1.29 is 18.7 Å². The lowest BCUT2D eigenvalue weighted by molar-refractivity contribution is -0.143. The van der Waals surface area contributed by atoms with Crippen molar-refractivity contribution >= 4 is 11.9 Å². The molecule has 1 aromatic rings. The lowest BCUT2D eigenvalue weighted by Gasteiger charge is -2.39. The van der Waals surface area contributed by atoms with Crippen molar-refractivity contribution in [2.24, 2.45) is 0 Å². The third-order valence-corrected chi connectivity index (χ3v) is 4.32. The molecule has 0 bridgehead atoms. The lowest BCUT2D eigenvalue weighted by atomic mass is 9.88. The topological polar surface area (TPSA) is 76.6 Å². The molecule has 1 spiro atoms. The van der Waals surface area contributed by atoms with Crippen LogP contribution in [-0.4, -0.2) is 65.8 Å². The molecule has 0 saturated carbocycles. The van der Waals surface area contributed by atoms with Crippen LogP contribution >= 0.6 is 0 Å². The zero-order chi connectivity index (χ0) is 16.3. The number of nitrogens with one attached hydrogen (secondary N) is 1. The van der Waals surface area contributed by atoms with Gasteiger partial charge in [0.05, 0.1) is 30.6 Å². The minimum absolute atomic E-state index is 0.00606. The fourth-order valence-corrected chi connectivity index (χ4v) is 3.32. The fourth-order valence-electron chi connectivity index (χ4n) is 3.32. The van der Waals surface area contributed by atoms with Gasteiger partial charge in [-0.1, -0.05) is 0 Å². The van der Waals surface area contributed by atoms with Crippen molar-refractivity contribution in [1.82, 2.24) is 14.9 Å². The van der Waals surface area contributed by atoms with Crippen LogP contribution < -0.4 is 5.32 Å². The fraction of sp³-hybridized carbons (Fsp3) is 0.667. The molecule has 3 rings (SSSR count). The van der Waals surface area contributed by atoms with Gasteiger partial charge in [0.1, 0.15) is 6.61 Å². The van der Waals surface area contributed by atoms with Gasteiger partial charge in [0.25, 0.3) is 0 Å². The summed E-state index contributed by atoms with van der Waals surface area (Å²) in [4.78, 5) is 21.6. The number of carbonyl (C=O) groups excluding carboxylic acids is 1. The maximum absolute atomic E-state index is 12.8. The van der Waals surface area contributed by atoms with Crippen molar-refractivity contribution in [3.63, 3.8) is 0 Å². The van der Waals surface area contributed by atoms with E-state index in [0.717, 1.165) is 38.2 Å². The Bertz CT molecular complexity index is 556. The molecular weight excluding hydrogens is 303 g/mol. The van der Waals surface area contributed by atoms with E-state index in [1.165, 1.54) is 7.11 Å². The van der Waals surface area contributed by atoms with Crippen LogP contribution in [0.1, 0.15) is 19.3 Å². The number of methoxy groups -OCH3 is 1. The molecule has 7 nitrogen and oxygen atoms in total. The lowest BCUT2D eigenvalue weighted by Crippen LogP contribution is -2.51. The number of piperidine rings is 1. The molecule has 126 valence electrons. The second kappa shape index (κ2) is 6.76. The summed E-state index contributed by atoms with van der Waals surface area (Å²) in [6.45, 7) is 1.94. The highest BCUT2D eigenvalue weighted by Crippen LogP contribution is 2.35. The van der Waals surface area contributed by atoms with Gasteiger partial charge in [-0.05, 0) is 12.8 Å². The van der Waals surface area contributed by atoms with Crippen molar-refractivity contribution in [1.29, 1.82) is 0 Å². The van der Waals surface area contributed by atoms with Gasteiger partial charge < -0.3 is 19.7 Å². The number of halogens is 1. The van der Waals surface area contributed by atoms with Gasteiger partial charge in [-0.25, -0.2) is 14.4 Å². The number of hydrogen-bond acceptors (Lipinski definition) is 6. The molecule has 0 unspecified atom stereocenters. The minimum Gasteiger partial charge on any atom is -0.375 e. The molecule has 2 atom stereocenters. The van der Waals surface area contributed by atoms with Gasteiger partial charge >= 0.3 is 0 Å². The van der Waals surface area contributed by atoms with Crippen molar-refractivity contribution in [2.45, 2.75) is 30.9 Å². The smallest absolute Gasteiger partial charge is 0.248 e. The predicted octanol–water partition coefficient (Wildman–Crippen LogP) is 0.824. The number of amides is 1. The van der Waals surface area contributed by atoms with E-state index in [0.29, 0.717) is 19.1 Å². The number of rotatable bonds is 4. The number of carbonyl (C=O) groups is 1. The van der Waals surface area contributed by atoms with E-state index >= 15 is 0 Å². The largest absolute Gasteiger partial charge is 0.375 e. The van der Waals surface area contributed by atoms with Crippen LogP contribution in [0.3, 0.4) is 0 Å². The number of ether oxygens (including phenoxy) is 2. The number of nitrogens with zero attached hydrogens (tertiary/aromatic N) is 3. The molecule has 2 fully saturated rings. The Morgan fingerprint density at radius 2 is 2.35 bits per heavy atom. The molecule has 1 N–H and O–H groups in total. The maximum Gasteiger partial charge on any atom is 0.248 e. The first kappa shape index (κ1) is 16.1. The van der Waals surface area contributed by atoms with Crippen molar-refractivity contribution in [2.75, 3.05) is 38.7 Å². The molecule has 2 aliphatic heterocycles. The molecule has 0 aliphatic carbocycles. The molecule has 23 heavy (non-hydrogen) atoms. The third-order valence-electron chi connectivity index (χ3n) is 4.32. The zero-order valence-corrected chi connectivity index (χ0v) is 13.1. The van der Waals surface area contributed by atoms with Gasteiger partial charge in [-0.2, -0.15) is 0 Å². The standard InChI is InChI=1S/C15H21FN4O3/c1-22-9-13(21)20-4-2-3-15(10-20)5-12(8-23-15)19-14-17-6-11(16)7-18-14/h6-7,12H,2-5,8-10H2,1H3,(H,17,18,19)/t12-,15+/m1/s1. The summed E-state index contributed by atoms with van der Waals surface area (Å²) in [5.41, 5.74) is -0.320. The summed E-state index contributed by atoms with van der Waals surface area (Å²) in [6, 6.07) is 0.0536. The summed E-state index contributed by atoms with van der Waals surface area (Å²) in [7, 11) is 1.52. The summed E-state index contributed by atoms with van der Waals surface area (Å²) in [5.74, 6) is -0.0807. The summed E-state index contributed by atoms with van der Waals surface area (Å²) >= 11 is 0. The number of aromatic nitrogens is 2. The van der Waals surface area contributed by atoms with Gasteiger partial charge in [0, 0.05) is 26.6 Å². The molecule has 2 aliphatic rings. The average molecular weight is 324 g/mol. The number of anilines is 1. The second-order valence-corrected chi connectivity index (χ2v) is 6.12. The first-order chi connectivity index (χ1) is 11.1. The first-order valence-corrected chi connectivity index (χ1v) is 7.75. The Morgan fingerprint density at radius 1 is 1.57 bits per heavy atom. The Morgan fingerprint density at radius 3 is 3.09 bits per heavy atom. The Kier molecular flexibility index (Phi) is 4.72. The summed E-state index contributed by atoms with van der Waals surface area (Å²) in [6.07, 6.45) is 4.87. The molecule has 3 heterocycles. The zero-order valence-electron chi connectivity index (χ0n) is 13.1. The first-order valence-electron chi connectivity index (χ1n) is 7.75. The van der Waals surface area contributed by atoms with E-state index in [1.807, 2.05) is 4.90 Å². The summed E-state index contributed by atoms with van der Waals surface area (Å²) in [5, 5.41) is 3.17. The van der Waals surface area contributed by atoms with Crippen molar-refractivity contribution in [3.05, 3.63) is 18.2 Å². The quantitative estimate of drug-likeness (QED) is 0.884. The van der Waals surface area contributed by atoms with Gasteiger partial charge in [0.2, 0.25) is 11.9 Å². The van der Waals surface area contributed by atoms with E-state index in [9.17, 15) is 9.18 Å². The Balaban J connectivity index is 1.59. The van der Waals surface area contributed by atoms with Crippen LogP contribution in [0.5, 0.6) is 0 Å². The highest BCUT2D eigenvalue weighted by atomic mass is 19.1. The van der Waals surface area contributed by atoms with Crippen LogP contribution in [0.4, 0.5) is 10.3 Å². The van der Waals surface area contributed by atoms with Crippen LogP contribution in [0, 0.1) is 5.82 Å². The van der Waals surface area contributed by atoms with E-state index in [4.69, 9.17) is 9.47 Å². The van der Waals surface area contributed by atoms with Gasteiger partial charge in [-0.3, -0.25) is 4.79 Å². The molecule has 0 aromatic carbocycles. The molecule has 2 saturated heterocycles. The SMILES string of the molecule is COCC(=O)N1CCC[C@]2(C[C@@H](Nc3ncc(F)cn3)CO2)C1. The van der Waals surface area contributed by atoms with E-state index in [2.05, 4.69) is 15.3 Å². The molecule has 1 aromatic heterocycles. The molecule has 1 amide bonds. The van der Waals surface area contributed by atoms with Crippen LogP contribution in [-0.2, 0) is 14.3 Å². The van der Waals surface area contributed by atoms with Gasteiger partial charge in [-0.15, -0.1) is 0 Å². The van der Waals surface area contributed by atoms with Crippen LogP contribution in [0.2, 0.25) is 0 Å². The highest BCUT2D eigenvalue weighted by Gasteiger charge is 2.44. The monoisotopic (exact) mass is 324 g/mol. The summed E-state index contributed by atoms with van der Waals surface area (Å²) < 4.78 is 23.8. The molecule has 0 radical (unpaired) electrons. The van der Waals surface area contributed by atoms with Gasteiger partial charge in [0.15, 0.2) is 5.82 Å². The van der Waals surface area contributed by atoms with Crippen LogP contribution in [0.25, 0.3) is 0 Å². The maximum atomic E-state index is 12.8. The third kappa shape index (κ3) is 3.76. The van der Waals surface area contributed by atoms with E-state index in [-0.39, 0.29) is 24.2 Å². The average Bonchev–Trinajstić information content (AvgIpc) is 2.92. The molecule has 8 heteroatoms. The molecular formula is C15H21FN4O3. The highest BCUT2D eigenvalue weighted by molar-refractivity contribution is 5.77. The van der Waals surface area contributed by atoms with Crippen LogP contribution in [0.15, 0.2) is 12.4 Å². The minimum atomic E-state index is -0.464. The normalized spacial score (nSPS) is 27.4. The second-order valence-electron chi connectivity index (χ2n) is 6.12.